The molecule has 0 saturated heterocycles. The number of anilines is 1. The van der Waals surface area contributed by atoms with E-state index in [9.17, 15) is 4.79 Å². The van der Waals surface area contributed by atoms with Crippen molar-refractivity contribution in [2.24, 2.45) is 0 Å². The summed E-state index contributed by atoms with van der Waals surface area (Å²) in [7, 11) is 0. The summed E-state index contributed by atoms with van der Waals surface area (Å²) in [6.45, 7) is 1.99. The Labute approximate surface area is 149 Å². The number of benzene rings is 2. The maximum Gasteiger partial charge on any atom is 0.291 e. The predicted octanol–water partition coefficient (Wildman–Crippen LogP) is 4.31. The third-order valence-electron chi connectivity index (χ3n) is 3.83. The highest BCUT2D eigenvalue weighted by atomic mass is 16.5. The van der Waals surface area contributed by atoms with E-state index in [1.807, 2.05) is 37.3 Å². The zero-order valence-electron chi connectivity index (χ0n) is 14.1. The van der Waals surface area contributed by atoms with Crippen molar-refractivity contribution in [3.63, 3.8) is 0 Å². The Balaban J connectivity index is 1.52. The molecule has 0 atom stereocenters. The number of rotatable bonds is 4. The van der Waals surface area contributed by atoms with Crippen molar-refractivity contribution in [1.82, 2.24) is 15.0 Å². The molecule has 6 heteroatoms. The Kier molecular flexibility index (Phi) is 4.07. The molecular weight excluding hydrogens is 328 g/mol. The number of imidazole rings is 1. The lowest BCUT2D eigenvalue weighted by Gasteiger charge is -2.08. The minimum atomic E-state index is -0.306. The molecule has 0 spiro atoms. The Bertz CT molecular complexity index is 1070. The molecule has 26 heavy (non-hydrogen) atoms. The first-order valence-corrected chi connectivity index (χ1v) is 8.13. The topological polar surface area (TPSA) is 79.9 Å². The smallest absolute Gasteiger partial charge is 0.291 e. The van der Waals surface area contributed by atoms with Crippen LogP contribution in [0.25, 0.3) is 11.0 Å². The number of ether oxygens (including phenoxy) is 1. The van der Waals surface area contributed by atoms with E-state index in [0.717, 1.165) is 16.6 Å². The lowest BCUT2D eigenvalue weighted by molar-refractivity contribution is 0.101. The van der Waals surface area contributed by atoms with Gasteiger partial charge in [0.2, 0.25) is 0 Å². The number of carbonyl (C=O) groups is 1. The Morgan fingerprint density at radius 2 is 1.88 bits per heavy atom. The number of aromatic amines is 1. The molecule has 6 nitrogen and oxygen atoms in total. The summed E-state index contributed by atoms with van der Waals surface area (Å²) in [4.78, 5) is 23.8. The maximum absolute atomic E-state index is 12.5. The quantitative estimate of drug-likeness (QED) is 0.578. The second-order valence-corrected chi connectivity index (χ2v) is 5.87. The van der Waals surface area contributed by atoms with E-state index >= 15 is 0 Å². The fourth-order valence-electron chi connectivity index (χ4n) is 2.60. The molecule has 4 aromatic rings. The van der Waals surface area contributed by atoms with E-state index in [1.54, 1.807) is 36.7 Å². The van der Waals surface area contributed by atoms with E-state index < -0.39 is 0 Å². The number of nitrogens with zero attached hydrogens (tertiary/aromatic N) is 2. The van der Waals surface area contributed by atoms with Gasteiger partial charge >= 0.3 is 0 Å². The van der Waals surface area contributed by atoms with Gasteiger partial charge in [-0.05, 0) is 48.9 Å². The number of amides is 1. The normalized spacial score (nSPS) is 10.7. The van der Waals surface area contributed by atoms with Crippen LogP contribution in [0, 0.1) is 6.92 Å². The largest absolute Gasteiger partial charge is 0.457 e. The van der Waals surface area contributed by atoms with Gasteiger partial charge in [0.1, 0.15) is 11.5 Å². The molecule has 0 fully saturated rings. The predicted molar refractivity (Wildman–Crippen MR) is 99.5 cm³/mol. The van der Waals surface area contributed by atoms with Gasteiger partial charge in [-0.1, -0.05) is 12.1 Å². The van der Waals surface area contributed by atoms with Gasteiger partial charge in [-0.25, -0.2) is 4.98 Å². The molecule has 4 rings (SSSR count). The van der Waals surface area contributed by atoms with Crippen molar-refractivity contribution in [2.75, 3.05) is 5.32 Å². The molecule has 0 radical (unpaired) electrons. The molecule has 0 unspecified atom stereocenters. The number of H-pyrrole nitrogens is 1. The Morgan fingerprint density at radius 3 is 2.73 bits per heavy atom. The third kappa shape index (κ3) is 3.39. The first-order chi connectivity index (χ1) is 12.7. The van der Waals surface area contributed by atoms with E-state index in [4.69, 9.17) is 4.74 Å². The maximum atomic E-state index is 12.5. The highest BCUT2D eigenvalue weighted by Crippen LogP contribution is 2.24. The van der Waals surface area contributed by atoms with Gasteiger partial charge in [0, 0.05) is 24.1 Å². The van der Waals surface area contributed by atoms with E-state index in [2.05, 4.69) is 20.3 Å². The van der Waals surface area contributed by atoms with Crippen molar-refractivity contribution in [3.05, 3.63) is 78.4 Å². The molecule has 2 aromatic heterocycles. The molecule has 0 aliphatic carbocycles. The average Bonchev–Trinajstić information content (AvgIpc) is 3.06. The molecular formula is C20H16N4O2. The van der Waals surface area contributed by atoms with Gasteiger partial charge in [0.25, 0.3) is 5.91 Å². The van der Waals surface area contributed by atoms with Crippen molar-refractivity contribution in [3.8, 4) is 11.5 Å². The third-order valence-corrected chi connectivity index (χ3v) is 3.83. The van der Waals surface area contributed by atoms with Gasteiger partial charge in [0.05, 0.1) is 11.0 Å². The number of hydrogen-bond donors (Lipinski definition) is 2. The first-order valence-electron chi connectivity index (χ1n) is 8.13. The van der Waals surface area contributed by atoms with Gasteiger partial charge < -0.3 is 15.0 Å². The van der Waals surface area contributed by atoms with Crippen molar-refractivity contribution in [1.29, 1.82) is 0 Å². The number of aryl methyl sites for hydroxylation is 1. The summed E-state index contributed by atoms with van der Waals surface area (Å²) in [5.41, 5.74) is 3.33. The lowest BCUT2D eigenvalue weighted by atomic mass is 10.2. The van der Waals surface area contributed by atoms with Gasteiger partial charge in [-0.3, -0.25) is 9.78 Å². The SMILES string of the molecule is Cc1ccc2nc(C(=O)Nc3cccc(Oc4ccncc4)c3)[nH]c2c1. The summed E-state index contributed by atoms with van der Waals surface area (Å²) in [5, 5.41) is 2.83. The Hall–Kier alpha value is -3.67. The van der Waals surface area contributed by atoms with Crippen molar-refractivity contribution >= 4 is 22.6 Å². The standard InChI is InChI=1S/C20H16N4O2/c1-13-5-6-17-18(11-13)24-19(23-17)20(25)22-14-3-2-4-16(12-14)26-15-7-9-21-10-8-15/h2-12H,1H3,(H,22,25)(H,23,24). The summed E-state index contributed by atoms with van der Waals surface area (Å²) in [5.74, 6) is 1.26. The van der Waals surface area contributed by atoms with Gasteiger partial charge in [0.15, 0.2) is 5.82 Å². The Morgan fingerprint density at radius 1 is 1.04 bits per heavy atom. The molecule has 0 saturated carbocycles. The van der Waals surface area contributed by atoms with Crippen LogP contribution in [0.5, 0.6) is 11.5 Å². The molecule has 128 valence electrons. The van der Waals surface area contributed by atoms with Crippen LogP contribution >= 0.6 is 0 Å². The molecule has 0 bridgehead atoms. The highest BCUT2D eigenvalue weighted by molar-refractivity contribution is 6.03. The van der Waals surface area contributed by atoms with Crippen LogP contribution in [0.1, 0.15) is 16.2 Å². The first kappa shape index (κ1) is 15.8. The molecule has 0 aliphatic heterocycles. The zero-order valence-corrected chi connectivity index (χ0v) is 14.1. The summed E-state index contributed by atoms with van der Waals surface area (Å²) in [6.07, 6.45) is 3.31. The zero-order chi connectivity index (χ0) is 17.9. The van der Waals surface area contributed by atoms with Crippen LogP contribution in [0.2, 0.25) is 0 Å². The van der Waals surface area contributed by atoms with Crippen LogP contribution in [0.3, 0.4) is 0 Å². The monoisotopic (exact) mass is 344 g/mol. The van der Waals surface area contributed by atoms with Gasteiger partial charge in [-0.2, -0.15) is 0 Å². The van der Waals surface area contributed by atoms with Crippen LogP contribution < -0.4 is 10.1 Å². The summed E-state index contributed by atoms with van der Waals surface area (Å²) < 4.78 is 5.75. The fraction of sp³-hybridized carbons (Fsp3) is 0.0500. The van der Waals surface area contributed by atoms with Crippen molar-refractivity contribution in [2.45, 2.75) is 6.92 Å². The minimum absolute atomic E-state index is 0.269. The number of carbonyl (C=O) groups excluding carboxylic acids is 1. The number of hydrogen-bond acceptors (Lipinski definition) is 4. The molecule has 0 aliphatic rings. The minimum Gasteiger partial charge on any atom is -0.457 e. The van der Waals surface area contributed by atoms with Crippen LogP contribution in [0.15, 0.2) is 67.0 Å². The van der Waals surface area contributed by atoms with E-state index in [1.165, 1.54) is 0 Å². The number of aromatic nitrogens is 3. The van der Waals surface area contributed by atoms with Gasteiger partial charge in [-0.15, -0.1) is 0 Å². The molecule has 2 N–H and O–H groups in total. The lowest BCUT2D eigenvalue weighted by Crippen LogP contribution is -2.13. The van der Waals surface area contributed by atoms with Crippen LogP contribution in [0.4, 0.5) is 5.69 Å². The van der Waals surface area contributed by atoms with E-state index in [0.29, 0.717) is 17.2 Å². The number of nitrogens with one attached hydrogen (secondary N) is 2. The van der Waals surface area contributed by atoms with Crippen LogP contribution in [-0.2, 0) is 0 Å². The van der Waals surface area contributed by atoms with Crippen molar-refractivity contribution < 1.29 is 9.53 Å². The average molecular weight is 344 g/mol. The number of pyridine rings is 1. The van der Waals surface area contributed by atoms with Crippen LogP contribution in [-0.4, -0.2) is 20.9 Å². The fourth-order valence-corrected chi connectivity index (χ4v) is 2.60. The highest BCUT2D eigenvalue weighted by Gasteiger charge is 2.12. The molecule has 1 amide bonds. The van der Waals surface area contributed by atoms with E-state index in [-0.39, 0.29) is 11.7 Å². The summed E-state index contributed by atoms with van der Waals surface area (Å²) in [6, 6.07) is 16.5. The molecule has 2 heterocycles. The molecule has 2 aromatic carbocycles. The number of fused-ring (bicyclic) bond motifs is 1. The summed E-state index contributed by atoms with van der Waals surface area (Å²) >= 11 is 0. The second-order valence-electron chi connectivity index (χ2n) is 5.87. The second kappa shape index (κ2) is 6.68.